The zero-order valence-electron chi connectivity index (χ0n) is 10.5. The van der Waals surface area contributed by atoms with E-state index in [1.165, 1.54) is 13.2 Å². The van der Waals surface area contributed by atoms with E-state index in [4.69, 9.17) is 14.9 Å². The van der Waals surface area contributed by atoms with Crippen molar-refractivity contribution >= 4 is 11.9 Å². The SMILES string of the molecule is COc1ccc(C(C(=O)O)C(=O)O)cc1C(C)C. The summed E-state index contributed by atoms with van der Waals surface area (Å²) in [5.41, 5.74) is 1.04. The maximum Gasteiger partial charge on any atom is 0.322 e. The Morgan fingerprint density at radius 2 is 1.72 bits per heavy atom. The van der Waals surface area contributed by atoms with Crippen molar-refractivity contribution in [3.8, 4) is 5.75 Å². The first-order valence-corrected chi connectivity index (χ1v) is 5.52. The second-order valence-electron chi connectivity index (χ2n) is 4.27. The lowest BCUT2D eigenvalue weighted by Crippen LogP contribution is -2.21. The van der Waals surface area contributed by atoms with Gasteiger partial charge in [-0.2, -0.15) is 0 Å². The highest BCUT2D eigenvalue weighted by atomic mass is 16.5. The number of hydrogen-bond donors (Lipinski definition) is 2. The normalized spacial score (nSPS) is 10.7. The summed E-state index contributed by atoms with van der Waals surface area (Å²) in [5.74, 6) is -3.55. The summed E-state index contributed by atoms with van der Waals surface area (Å²) in [5, 5.41) is 17.9. The van der Waals surface area contributed by atoms with Crippen LogP contribution in [0.2, 0.25) is 0 Å². The molecule has 0 saturated heterocycles. The third-order valence-electron chi connectivity index (χ3n) is 2.70. The molecule has 0 unspecified atom stereocenters. The highest BCUT2D eigenvalue weighted by Crippen LogP contribution is 2.30. The summed E-state index contributed by atoms with van der Waals surface area (Å²) in [6, 6.07) is 4.65. The number of carbonyl (C=O) groups is 2. The highest BCUT2D eigenvalue weighted by Gasteiger charge is 2.28. The summed E-state index contributed by atoms with van der Waals surface area (Å²) in [6.07, 6.45) is 0. The van der Waals surface area contributed by atoms with Gasteiger partial charge in [0.1, 0.15) is 5.75 Å². The maximum atomic E-state index is 11.0. The molecule has 0 amide bonds. The van der Waals surface area contributed by atoms with Crippen LogP contribution in [0.4, 0.5) is 0 Å². The van der Waals surface area contributed by atoms with Crippen LogP contribution < -0.4 is 4.74 Å². The Balaban J connectivity index is 3.30. The van der Waals surface area contributed by atoms with E-state index in [9.17, 15) is 9.59 Å². The average Bonchev–Trinajstić information content (AvgIpc) is 2.27. The van der Waals surface area contributed by atoms with E-state index >= 15 is 0 Å². The average molecular weight is 252 g/mol. The van der Waals surface area contributed by atoms with Crippen LogP contribution in [0.1, 0.15) is 36.8 Å². The molecule has 18 heavy (non-hydrogen) atoms. The van der Waals surface area contributed by atoms with Gasteiger partial charge in [-0.1, -0.05) is 26.0 Å². The molecule has 5 heteroatoms. The standard InChI is InChI=1S/C13H16O5/c1-7(2)9-6-8(4-5-10(9)18-3)11(12(14)15)13(16)17/h4-7,11H,1-3H3,(H,14,15)(H,16,17). The third-order valence-corrected chi connectivity index (χ3v) is 2.70. The molecule has 0 radical (unpaired) electrons. The van der Waals surface area contributed by atoms with Gasteiger partial charge in [-0.25, -0.2) is 0 Å². The fourth-order valence-corrected chi connectivity index (χ4v) is 1.77. The van der Waals surface area contributed by atoms with E-state index in [0.717, 1.165) is 5.56 Å². The van der Waals surface area contributed by atoms with Gasteiger partial charge in [-0.15, -0.1) is 0 Å². The predicted molar refractivity (Wildman–Crippen MR) is 65.1 cm³/mol. The minimum Gasteiger partial charge on any atom is -0.496 e. The Hall–Kier alpha value is -2.04. The molecule has 0 aliphatic rings. The molecule has 0 aliphatic heterocycles. The lowest BCUT2D eigenvalue weighted by molar-refractivity contribution is -0.150. The van der Waals surface area contributed by atoms with E-state index in [1.54, 1.807) is 12.1 Å². The predicted octanol–water partition coefficient (Wildman–Crippen LogP) is 2.07. The number of benzene rings is 1. The van der Waals surface area contributed by atoms with Gasteiger partial charge in [0.25, 0.3) is 0 Å². The molecule has 0 atom stereocenters. The van der Waals surface area contributed by atoms with Crippen LogP contribution in [0.25, 0.3) is 0 Å². The van der Waals surface area contributed by atoms with Crippen LogP contribution in [0.5, 0.6) is 5.75 Å². The number of rotatable bonds is 5. The summed E-state index contributed by atoms with van der Waals surface area (Å²) in [7, 11) is 1.52. The third kappa shape index (κ3) is 2.80. The van der Waals surface area contributed by atoms with Crippen molar-refractivity contribution in [3.05, 3.63) is 29.3 Å². The number of ether oxygens (including phenoxy) is 1. The first kappa shape index (κ1) is 14.0. The Morgan fingerprint density at radius 3 is 2.11 bits per heavy atom. The summed E-state index contributed by atoms with van der Waals surface area (Å²) < 4.78 is 5.17. The van der Waals surface area contributed by atoms with E-state index in [1.807, 2.05) is 13.8 Å². The fraction of sp³-hybridized carbons (Fsp3) is 0.385. The monoisotopic (exact) mass is 252 g/mol. The number of aliphatic carboxylic acids is 2. The van der Waals surface area contributed by atoms with Gasteiger partial charge in [0.2, 0.25) is 0 Å². The molecule has 0 aliphatic carbocycles. The maximum absolute atomic E-state index is 11.0. The summed E-state index contributed by atoms with van der Waals surface area (Å²) in [6.45, 7) is 3.86. The van der Waals surface area contributed by atoms with Crippen LogP contribution in [-0.4, -0.2) is 29.3 Å². The zero-order valence-corrected chi connectivity index (χ0v) is 10.5. The fourth-order valence-electron chi connectivity index (χ4n) is 1.77. The van der Waals surface area contributed by atoms with E-state index < -0.39 is 17.9 Å². The van der Waals surface area contributed by atoms with E-state index in [0.29, 0.717) is 5.75 Å². The largest absolute Gasteiger partial charge is 0.496 e. The lowest BCUT2D eigenvalue weighted by Gasteiger charge is -2.15. The van der Waals surface area contributed by atoms with Gasteiger partial charge in [0.15, 0.2) is 5.92 Å². The van der Waals surface area contributed by atoms with Gasteiger partial charge >= 0.3 is 11.9 Å². The van der Waals surface area contributed by atoms with E-state index in [2.05, 4.69) is 0 Å². The molecular formula is C13H16O5. The lowest BCUT2D eigenvalue weighted by atomic mass is 9.93. The van der Waals surface area contributed by atoms with Crippen molar-refractivity contribution in [2.75, 3.05) is 7.11 Å². The molecule has 2 N–H and O–H groups in total. The molecule has 5 nitrogen and oxygen atoms in total. The molecule has 98 valence electrons. The van der Waals surface area contributed by atoms with Crippen molar-refractivity contribution in [1.82, 2.24) is 0 Å². The second-order valence-corrected chi connectivity index (χ2v) is 4.27. The minimum absolute atomic E-state index is 0.114. The Kier molecular flexibility index (Phi) is 4.31. The van der Waals surface area contributed by atoms with Gasteiger partial charge in [0, 0.05) is 0 Å². The molecular weight excluding hydrogens is 236 g/mol. The molecule has 0 saturated carbocycles. The van der Waals surface area contributed by atoms with Gasteiger partial charge in [-0.05, 0) is 23.1 Å². The van der Waals surface area contributed by atoms with Crippen LogP contribution in [0.15, 0.2) is 18.2 Å². The van der Waals surface area contributed by atoms with Crippen LogP contribution >= 0.6 is 0 Å². The van der Waals surface area contributed by atoms with Crippen molar-refractivity contribution in [1.29, 1.82) is 0 Å². The van der Waals surface area contributed by atoms with Crippen molar-refractivity contribution in [3.63, 3.8) is 0 Å². The molecule has 0 fully saturated rings. The highest BCUT2D eigenvalue weighted by molar-refractivity contribution is 5.99. The minimum atomic E-state index is -1.55. The van der Waals surface area contributed by atoms with Gasteiger partial charge < -0.3 is 14.9 Å². The van der Waals surface area contributed by atoms with Gasteiger partial charge in [0.05, 0.1) is 7.11 Å². The number of hydrogen-bond acceptors (Lipinski definition) is 3. The molecule has 0 aromatic heterocycles. The van der Waals surface area contributed by atoms with Crippen LogP contribution in [0, 0.1) is 0 Å². The molecule has 1 aromatic carbocycles. The van der Waals surface area contributed by atoms with Crippen LogP contribution in [-0.2, 0) is 9.59 Å². The van der Waals surface area contributed by atoms with Gasteiger partial charge in [-0.3, -0.25) is 9.59 Å². The zero-order chi connectivity index (χ0) is 13.9. The molecule has 1 aromatic rings. The number of carboxylic acids is 2. The molecule has 0 heterocycles. The van der Waals surface area contributed by atoms with E-state index in [-0.39, 0.29) is 11.5 Å². The summed E-state index contributed by atoms with van der Waals surface area (Å²) in [4.78, 5) is 21.9. The van der Waals surface area contributed by atoms with Crippen molar-refractivity contribution in [2.45, 2.75) is 25.7 Å². The topological polar surface area (TPSA) is 83.8 Å². The smallest absolute Gasteiger partial charge is 0.322 e. The molecule has 0 spiro atoms. The first-order valence-electron chi connectivity index (χ1n) is 5.52. The van der Waals surface area contributed by atoms with Crippen molar-refractivity contribution < 1.29 is 24.5 Å². The number of methoxy groups -OCH3 is 1. The first-order chi connectivity index (χ1) is 8.38. The molecule has 1 rings (SSSR count). The molecule has 0 bridgehead atoms. The Labute approximate surface area is 105 Å². The Bertz CT molecular complexity index is 450. The number of carboxylic acid groups (broad SMARTS) is 2. The van der Waals surface area contributed by atoms with Crippen LogP contribution in [0.3, 0.4) is 0 Å². The quantitative estimate of drug-likeness (QED) is 0.784. The van der Waals surface area contributed by atoms with Crippen molar-refractivity contribution in [2.24, 2.45) is 0 Å². The second kappa shape index (κ2) is 5.53. The summed E-state index contributed by atoms with van der Waals surface area (Å²) >= 11 is 0. The Morgan fingerprint density at radius 1 is 1.17 bits per heavy atom.